The monoisotopic (exact) mass is 228 g/mol. The van der Waals surface area contributed by atoms with Gasteiger partial charge in [-0.3, -0.25) is 0 Å². The van der Waals surface area contributed by atoms with Gasteiger partial charge in [0.15, 0.2) is 5.82 Å². The van der Waals surface area contributed by atoms with Gasteiger partial charge in [0.05, 0.1) is 11.9 Å². The maximum atomic E-state index is 5.49. The molecule has 2 atom stereocenters. The van der Waals surface area contributed by atoms with Crippen LogP contribution in [0.3, 0.4) is 0 Å². The SMILES string of the molecule is CCc1noc(CSC2CCOC2C)n1. The number of rotatable bonds is 4. The lowest BCUT2D eigenvalue weighted by molar-refractivity contribution is 0.127. The van der Waals surface area contributed by atoms with Gasteiger partial charge in [0, 0.05) is 18.3 Å². The van der Waals surface area contributed by atoms with Crippen LogP contribution in [0.15, 0.2) is 4.52 Å². The van der Waals surface area contributed by atoms with Crippen molar-refractivity contribution in [3.8, 4) is 0 Å². The number of aromatic nitrogens is 2. The van der Waals surface area contributed by atoms with E-state index in [1.807, 2.05) is 18.7 Å². The summed E-state index contributed by atoms with van der Waals surface area (Å²) in [6.45, 7) is 5.02. The zero-order chi connectivity index (χ0) is 10.7. The lowest BCUT2D eigenvalue weighted by Crippen LogP contribution is -2.13. The van der Waals surface area contributed by atoms with Gasteiger partial charge < -0.3 is 9.26 Å². The normalized spacial score (nSPS) is 26.0. The van der Waals surface area contributed by atoms with Crippen molar-refractivity contribution in [1.29, 1.82) is 0 Å². The number of hydrogen-bond donors (Lipinski definition) is 0. The van der Waals surface area contributed by atoms with Crippen molar-refractivity contribution in [3.05, 3.63) is 11.7 Å². The number of hydrogen-bond acceptors (Lipinski definition) is 5. The summed E-state index contributed by atoms with van der Waals surface area (Å²) in [7, 11) is 0. The second-order valence-corrected chi connectivity index (χ2v) is 4.90. The van der Waals surface area contributed by atoms with E-state index >= 15 is 0 Å². The Morgan fingerprint density at radius 3 is 3.00 bits per heavy atom. The molecule has 84 valence electrons. The highest BCUT2D eigenvalue weighted by molar-refractivity contribution is 7.99. The van der Waals surface area contributed by atoms with Gasteiger partial charge in [-0.25, -0.2) is 0 Å². The van der Waals surface area contributed by atoms with Gasteiger partial charge in [0.25, 0.3) is 0 Å². The van der Waals surface area contributed by atoms with E-state index in [0.29, 0.717) is 11.4 Å². The van der Waals surface area contributed by atoms with Crippen molar-refractivity contribution in [2.45, 2.75) is 43.8 Å². The molecule has 1 aromatic rings. The van der Waals surface area contributed by atoms with Gasteiger partial charge in [0.1, 0.15) is 0 Å². The molecule has 1 aromatic heterocycles. The van der Waals surface area contributed by atoms with E-state index in [2.05, 4.69) is 17.1 Å². The standard InChI is InChI=1S/C10H16N2O2S/c1-3-9-11-10(14-12-9)6-15-8-4-5-13-7(8)2/h7-8H,3-6H2,1-2H3. The Hall–Kier alpha value is -0.550. The second kappa shape index (κ2) is 4.99. The Kier molecular flexibility index (Phi) is 3.64. The molecular weight excluding hydrogens is 212 g/mol. The Bertz CT molecular complexity index is 316. The molecule has 0 aliphatic carbocycles. The zero-order valence-electron chi connectivity index (χ0n) is 9.10. The molecule has 0 amide bonds. The number of thioether (sulfide) groups is 1. The first-order valence-electron chi connectivity index (χ1n) is 5.34. The van der Waals surface area contributed by atoms with Crippen LogP contribution >= 0.6 is 11.8 Å². The van der Waals surface area contributed by atoms with Crippen molar-refractivity contribution >= 4 is 11.8 Å². The fourth-order valence-electron chi connectivity index (χ4n) is 1.60. The van der Waals surface area contributed by atoms with Gasteiger partial charge in [0.2, 0.25) is 5.89 Å². The quantitative estimate of drug-likeness (QED) is 0.789. The molecule has 0 bridgehead atoms. The van der Waals surface area contributed by atoms with Gasteiger partial charge >= 0.3 is 0 Å². The number of ether oxygens (including phenoxy) is 1. The molecule has 2 heterocycles. The van der Waals surface area contributed by atoms with E-state index < -0.39 is 0 Å². The third kappa shape index (κ3) is 2.72. The molecule has 1 saturated heterocycles. The molecule has 1 fully saturated rings. The van der Waals surface area contributed by atoms with E-state index in [4.69, 9.17) is 9.26 Å². The first-order valence-corrected chi connectivity index (χ1v) is 6.39. The van der Waals surface area contributed by atoms with Crippen LogP contribution in [0, 0.1) is 0 Å². The summed E-state index contributed by atoms with van der Waals surface area (Å²) in [4.78, 5) is 4.28. The van der Waals surface area contributed by atoms with Gasteiger partial charge in [-0.2, -0.15) is 4.98 Å². The number of nitrogens with zero attached hydrogens (tertiary/aromatic N) is 2. The van der Waals surface area contributed by atoms with E-state index in [-0.39, 0.29) is 0 Å². The maximum absolute atomic E-state index is 5.49. The predicted molar refractivity (Wildman–Crippen MR) is 58.8 cm³/mol. The van der Waals surface area contributed by atoms with Crippen molar-refractivity contribution in [1.82, 2.24) is 10.1 Å². The summed E-state index contributed by atoms with van der Waals surface area (Å²) in [5, 5.41) is 4.44. The second-order valence-electron chi connectivity index (χ2n) is 3.67. The first-order chi connectivity index (χ1) is 7.29. The summed E-state index contributed by atoms with van der Waals surface area (Å²) in [5.74, 6) is 2.32. The Labute approximate surface area is 93.8 Å². The van der Waals surface area contributed by atoms with Crippen LogP contribution in [0.1, 0.15) is 32.0 Å². The van der Waals surface area contributed by atoms with E-state index in [1.165, 1.54) is 0 Å². The largest absolute Gasteiger partial charge is 0.377 e. The molecule has 0 aromatic carbocycles. The summed E-state index contributed by atoms with van der Waals surface area (Å²) >= 11 is 1.85. The molecule has 2 rings (SSSR count). The van der Waals surface area contributed by atoms with Crippen LogP contribution in [0.4, 0.5) is 0 Å². The summed E-state index contributed by atoms with van der Waals surface area (Å²) in [5.41, 5.74) is 0. The predicted octanol–water partition coefficient (Wildman–Crippen LogP) is 2.04. The van der Waals surface area contributed by atoms with Crippen LogP contribution in [0.25, 0.3) is 0 Å². The lowest BCUT2D eigenvalue weighted by Gasteiger charge is -2.11. The van der Waals surface area contributed by atoms with Crippen molar-refractivity contribution in [2.75, 3.05) is 6.61 Å². The molecule has 5 heteroatoms. The highest BCUT2D eigenvalue weighted by Gasteiger charge is 2.25. The van der Waals surface area contributed by atoms with E-state index in [0.717, 1.165) is 36.9 Å². The smallest absolute Gasteiger partial charge is 0.236 e. The molecule has 0 radical (unpaired) electrons. The average molecular weight is 228 g/mol. The molecule has 2 unspecified atom stereocenters. The molecule has 15 heavy (non-hydrogen) atoms. The fraction of sp³-hybridized carbons (Fsp3) is 0.800. The van der Waals surface area contributed by atoms with E-state index in [1.54, 1.807) is 0 Å². The summed E-state index contributed by atoms with van der Waals surface area (Å²) < 4.78 is 10.6. The van der Waals surface area contributed by atoms with Crippen molar-refractivity contribution in [2.24, 2.45) is 0 Å². The minimum absolute atomic E-state index is 0.351. The van der Waals surface area contributed by atoms with Crippen LogP contribution in [-0.2, 0) is 16.9 Å². The molecule has 1 aliphatic rings. The van der Waals surface area contributed by atoms with Crippen molar-refractivity contribution < 1.29 is 9.26 Å². The third-order valence-electron chi connectivity index (χ3n) is 2.55. The molecule has 1 aliphatic heterocycles. The summed E-state index contributed by atoms with van der Waals surface area (Å²) in [6, 6.07) is 0. The van der Waals surface area contributed by atoms with Gasteiger partial charge in [-0.1, -0.05) is 12.1 Å². The average Bonchev–Trinajstić information content (AvgIpc) is 2.84. The molecule has 0 N–H and O–H groups in total. The van der Waals surface area contributed by atoms with Crippen LogP contribution in [0.2, 0.25) is 0 Å². The Morgan fingerprint density at radius 2 is 2.40 bits per heavy atom. The lowest BCUT2D eigenvalue weighted by atomic mass is 10.3. The van der Waals surface area contributed by atoms with Crippen LogP contribution in [-0.4, -0.2) is 28.1 Å². The zero-order valence-corrected chi connectivity index (χ0v) is 9.92. The Balaban J connectivity index is 1.82. The number of aryl methyl sites for hydroxylation is 1. The maximum Gasteiger partial charge on any atom is 0.236 e. The minimum Gasteiger partial charge on any atom is -0.377 e. The molecule has 0 saturated carbocycles. The van der Waals surface area contributed by atoms with Gasteiger partial charge in [-0.05, 0) is 13.3 Å². The first kappa shape index (κ1) is 11.0. The van der Waals surface area contributed by atoms with Gasteiger partial charge in [-0.15, -0.1) is 11.8 Å². The van der Waals surface area contributed by atoms with Crippen LogP contribution in [0.5, 0.6) is 0 Å². The minimum atomic E-state index is 0.351. The third-order valence-corrected chi connectivity index (χ3v) is 4.01. The van der Waals surface area contributed by atoms with Crippen molar-refractivity contribution in [3.63, 3.8) is 0 Å². The Morgan fingerprint density at radius 1 is 1.53 bits per heavy atom. The van der Waals surface area contributed by atoms with Crippen LogP contribution < -0.4 is 0 Å². The molecular formula is C10H16N2O2S. The summed E-state index contributed by atoms with van der Waals surface area (Å²) in [6.07, 6.45) is 2.31. The topological polar surface area (TPSA) is 48.2 Å². The highest BCUT2D eigenvalue weighted by atomic mass is 32.2. The molecule has 0 spiro atoms. The highest BCUT2D eigenvalue weighted by Crippen LogP contribution is 2.28. The van der Waals surface area contributed by atoms with E-state index in [9.17, 15) is 0 Å². The fourth-order valence-corrected chi connectivity index (χ4v) is 2.69. The molecule has 4 nitrogen and oxygen atoms in total.